The summed E-state index contributed by atoms with van der Waals surface area (Å²) < 4.78 is 5.12. The predicted molar refractivity (Wildman–Crippen MR) is 107 cm³/mol. The molecule has 0 saturated carbocycles. The van der Waals surface area contributed by atoms with E-state index in [9.17, 15) is 9.59 Å². The summed E-state index contributed by atoms with van der Waals surface area (Å²) in [6.45, 7) is 5.87. The molecule has 2 heterocycles. The van der Waals surface area contributed by atoms with Crippen LogP contribution in [0.15, 0.2) is 40.7 Å². The maximum absolute atomic E-state index is 12.3. The number of aromatic amines is 1. The molecule has 0 spiro atoms. The van der Waals surface area contributed by atoms with E-state index in [1.54, 1.807) is 13.8 Å². The van der Waals surface area contributed by atoms with Crippen LogP contribution in [0.4, 0.5) is 4.79 Å². The van der Waals surface area contributed by atoms with Crippen molar-refractivity contribution in [2.45, 2.75) is 38.4 Å². The van der Waals surface area contributed by atoms with Crippen molar-refractivity contribution < 1.29 is 14.3 Å². The zero-order valence-electron chi connectivity index (χ0n) is 16.0. The number of nitrogens with zero attached hydrogens (tertiary/aromatic N) is 2. The van der Waals surface area contributed by atoms with Crippen molar-refractivity contribution in [2.75, 3.05) is 12.4 Å². The smallest absolute Gasteiger partial charge is 0.337 e. The van der Waals surface area contributed by atoms with E-state index >= 15 is 0 Å². The van der Waals surface area contributed by atoms with Gasteiger partial charge in [-0.25, -0.2) is 14.6 Å². The van der Waals surface area contributed by atoms with E-state index in [-0.39, 0.29) is 12.6 Å². The molecule has 2 amide bonds. The Bertz CT molecular complexity index is 891. The highest BCUT2D eigenvalue weighted by atomic mass is 32.2. The third-order valence-electron chi connectivity index (χ3n) is 4.31. The molecule has 1 atom stereocenters. The van der Waals surface area contributed by atoms with E-state index in [0.29, 0.717) is 28.0 Å². The van der Waals surface area contributed by atoms with Gasteiger partial charge in [-0.15, -0.1) is 5.10 Å². The van der Waals surface area contributed by atoms with Crippen molar-refractivity contribution >= 4 is 23.8 Å². The maximum atomic E-state index is 12.3. The van der Waals surface area contributed by atoms with Crippen LogP contribution in [0.2, 0.25) is 0 Å². The van der Waals surface area contributed by atoms with Gasteiger partial charge in [0.05, 0.1) is 18.2 Å². The van der Waals surface area contributed by atoms with Crippen molar-refractivity contribution in [3.8, 4) is 11.4 Å². The van der Waals surface area contributed by atoms with Crippen LogP contribution in [-0.4, -0.2) is 45.6 Å². The Labute approximate surface area is 167 Å². The fraction of sp³-hybridized carbons (Fsp3) is 0.368. The van der Waals surface area contributed by atoms with Crippen LogP contribution in [0.5, 0.6) is 0 Å². The van der Waals surface area contributed by atoms with Crippen LogP contribution >= 0.6 is 11.8 Å². The number of hydrogen-bond acceptors (Lipinski definition) is 6. The molecule has 0 radical (unpaired) electrons. The van der Waals surface area contributed by atoms with Gasteiger partial charge in [0.1, 0.15) is 0 Å². The van der Waals surface area contributed by atoms with E-state index in [4.69, 9.17) is 4.74 Å². The first kappa shape index (κ1) is 19.9. The fourth-order valence-electron chi connectivity index (χ4n) is 2.87. The highest BCUT2D eigenvalue weighted by Crippen LogP contribution is 2.24. The number of benzene rings is 1. The van der Waals surface area contributed by atoms with Gasteiger partial charge in [0.25, 0.3) is 0 Å². The molecule has 3 rings (SSSR count). The molecule has 1 aliphatic heterocycles. The SMILES string of the molecule is CCOC(=O)C1=C(CSc2n[nH]c(-c3ccc(CC)cc3)n2)NC(=O)N[C@@H]1C. The summed E-state index contributed by atoms with van der Waals surface area (Å²) in [5, 5.41) is 13.1. The molecular formula is C19H23N5O3S. The summed E-state index contributed by atoms with van der Waals surface area (Å²) in [6, 6.07) is 7.36. The van der Waals surface area contributed by atoms with E-state index in [1.165, 1.54) is 17.3 Å². The first-order valence-electron chi connectivity index (χ1n) is 9.14. The molecule has 28 heavy (non-hydrogen) atoms. The molecule has 0 unspecified atom stereocenters. The molecule has 0 fully saturated rings. The number of aromatic nitrogens is 3. The zero-order chi connectivity index (χ0) is 20.1. The molecule has 3 N–H and O–H groups in total. The van der Waals surface area contributed by atoms with E-state index < -0.39 is 12.0 Å². The lowest BCUT2D eigenvalue weighted by atomic mass is 10.1. The molecule has 1 aliphatic rings. The quantitative estimate of drug-likeness (QED) is 0.486. The van der Waals surface area contributed by atoms with Crippen LogP contribution in [0, 0.1) is 0 Å². The van der Waals surface area contributed by atoms with Crippen molar-refractivity contribution in [3.63, 3.8) is 0 Å². The minimum Gasteiger partial charge on any atom is -0.463 e. The monoisotopic (exact) mass is 401 g/mol. The number of thioether (sulfide) groups is 1. The number of rotatable bonds is 7. The topological polar surface area (TPSA) is 109 Å². The molecule has 0 saturated heterocycles. The van der Waals surface area contributed by atoms with Crippen molar-refractivity contribution in [1.29, 1.82) is 0 Å². The molecule has 2 aromatic rings. The summed E-state index contributed by atoms with van der Waals surface area (Å²) >= 11 is 1.33. The van der Waals surface area contributed by atoms with Gasteiger partial charge in [-0.1, -0.05) is 43.0 Å². The third-order valence-corrected chi connectivity index (χ3v) is 5.19. The van der Waals surface area contributed by atoms with Crippen molar-refractivity contribution in [3.05, 3.63) is 41.1 Å². The largest absolute Gasteiger partial charge is 0.463 e. The first-order chi connectivity index (χ1) is 13.5. The number of hydrogen-bond donors (Lipinski definition) is 3. The lowest BCUT2D eigenvalue weighted by Gasteiger charge is -2.26. The lowest BCUT2D eigenvalue weighted by molar-refractivity contribution is -0.138. The van der Waals surface area contributed by atoms with Crippen LogP contribution < -0.4 is 10.6 Å². The molecular weight excluding hydrogens is 378 g/mol. The highest BCUT2D eigenvalue weighted by molar-refractivity contribution is 7.99. The number of urea groups is 1. The summed E-state index contributed by atoms with van der Waals surface area (Å²) in [4.78, 5) is 28.6. The van der Waals surface area contributed by atoms with E-state index in [1.807, 2.05) is 12.1 Å². The molecule has 8 nitrogen and oxygen atoms in total. The second kappa shape index (κ2) is 8.92. The fourth-order valence-corrected chi connectivity index (χ4v) is 3.64. The Morgan fingerprint density at radius 3 is 2.68 bits per heavy atom. The normalized spacial score (nSPS) is 16.5. The molecule has 148 valence electrons. The maximum Gasteiger partial charge on any atom is 0.337 e. The summed E-state index contributed by atoms with van der Waals surface area (Å²) in [7, 11) is 0. The molecule has 0 aliphatic carbocycles. The number of aryl methyl sites for hydroxylation is 1. The second-order valence-corrected chi connectivity index (χ2v) is 7.18. The van der Waals surface area contributed by atoms with Gasteiger partial charge < -0.3 is 15.4 Å². The number of carbonyl (C=O) groups excluding carboxylic acids is 2. The van der Waals surface area contributed by atoms with Crippen molar-refractivity contribution in [2.24, 2.45) is 0 Å². The third kappa shape index (κ3) is 4.53. The number of ether oxygens (including phenoxy) is 1. The Hall–Kier alpha value is -2.81. The highest BCUT2D eigenvalue weighted by Gasteiger charge is 2.29. The van der Waals surface area contributed by atoms with Crippen LogP contribution in [0.3, 0.4) is 0 Å². The summed E-state index contributed by atoms with van der Waals surface area (Å²) in [5.74, 6) is 0.579. The van der Waals surface area contributed by atoms with Gasteiger partial charge in [0.2, 0.25) is 5.16 Å². The number of nitrogens with one attached hydrogen (secondary N) is 3. The predicted octanol–water partition coefficient (Wildman–Crippen LogP) is 2.64. The number of amides is 2. The van der Waals surface area contributed by atoms with Gasteiger partial charge >= 0.3 is 12.0 Å². The average molecular weight is 401 g/mol. The van der Waals surface area contributed by atoms with Crippen LogP contribution in [0.25, 0.3) is 11.4 Å². The van der Waals surface area contributed by atoms with Crippen LogP contribution in [-0.2, 0) is 16.0 Å². The Morgan fingerprint density at radius 2 is 2.00 bits per heavy atom. The number of H-pyrrole nitrogens is 1. The van der Waals surface area contributed by atoms with E-state index in [0.717, 1.165) is 12.0 Å². The van der Waals surface area contributed by atoms with Crippen molar-refractivity contribution in [1.82, 2.24) is 25.8 Å². The van der Waals surface area contributed by atoms with Gasteiger partial charge in [-0.05, 0) is 25.8 Å². The van der Waals surface area contributed by atoms with Gasteiger partial charge in [-0.2, -0.15) is 0 Å². The lowest BCUT2D eigenvalue weighted by Crippen LogP contribution is -2.49. The zero-order valence-corrected chi connectivity index (χ0v) is 16.9. The number of esters is 1. The van der Waals surface area contributed by atoms with Gasteiger partial charge in [-0.3, -0.25) is 5.10 Å². The van der Waals surface area contributed by atoms with Gasteiger partial charge in [0, 0.05) is 17.0 Å². The molecule has 9 heteroatoms. The van der Waals surface area contributed by atoms with Crippen LogP contribution in [0.1, 0.15) is 26.3 Å². The van der Waals surface area contributed by atoms with Gasteiger partial charge in [0.15, 0.2) is 5.82 Å². The average Bonchev–Trinajstić information content (AvgIpc) is 3.15. The molecule has 0 bridgehead atoms. The summed E-state index contributed by atoms with van der Waals surface area (Å²) in [6.07, 6.45) is 0.981. The first-order valence-corrected chi connectivity index (χ1v) is 10.1. The Kier molecular flexibility index (Phi) is 6.35. The summed E-state index contributed by atoms with van der Waals surface area (Å²) in [5.41, 5.74) is 3.14. The minimum atomic E-state index is -0.440. The Morgan fingerprint density at radius 1 is 1.25 bits per heavy atom. The molecule has 1 aromatic carbocycles. The van der Waals surface area contributed by atoms with E-state index in [2.05, 4.69) is 44.9 Å². The molecule has 1 aromatic heterocycles. The Balaban J connectivity index is 1.74. The minimum absolute atomic E-state index is 0.268. The number of carbonyl (C=O) groups is 2. The standard InChI is InChI=1S/C19H23N5O3S/c1-4-12-6-8-13(9-7-12)16-22-19(24-23-16)28-10-14-15(17(25)27-5-2)11(3)20-18(26)21-14/h6-9,11H,4-5,10H2,1-3H3,(H2,20,21,26)(H,22,23,24)/t11-/m1/s1. The second-order valence-electron chi connectivity index (χ2n) is 6.24.